The molecule has 4 N–H and O–H groups in total. The molecule has 19 heavy (non-hydrogen) atoms. The topological polar surface area (TPSA) is 123 Å². The van der Waals surface area contributed by atoms with Gasteiger partial charge in [0.1, 0.15) is 13.0 Å². The normalized spacial score (nSPS) is 23.7. The van der Waals surface area contributed by atoms with Crippen molar-refractivity contribution in [2.45, 2.75) is 25.2 Å². The van der Waals surface area contributed by atoms with Crippen LogP contribution in [-0.2, 0) is 4.74 Å². The second kappa shape index (κ2) is 5.72. The van der Waals surface area contributed by atoms with E-state index in [1.807, 2.05) is 0 Å². The summed E-state index contributed by atoms with van der Waals surface area (Å²) in [5.74, 6) is -0.193. The van der Waals surface area contributed by atoms with Crippen LogP contribution in [0.1, 0.15) is 29.7 Å². The van der Waals surface area contributed by atoms with Gasteiger partial charge in [0.15, 0.2) is 6.23 Å². The van der Waals surface area contributed by atoms with Gasteiger partial charge in [-0.1, -0.05) is 0 Å². The molecule has 1 fully saturated rings. The summed E-state index contributed by atoms with van der Waals surface area (Å²) in [6.07, 6.45) is 2.60. The van der Waals surface area contributed by atoms with Gasteiger partial charge in [-0.25, -0.2) is 19.5 Å². The minimum absolute atomic E-state index is 0.0364. The molecule has 0 bridgehead atoms. The van der Waals surface area contributed by atoms with Crippen molar-refractivity contribution < 1.29 is 19.3 Å². The highest BCUT2D eigenvalue weighted by molar-refractivity contribution is 8.58. The molecule has 1 saturated heterocycles. The van der Waals surface area contributed by atoms with Gasteiger partial charge in [-0.2, -0.15) is 0 Å². The lowest BCUT2D eigenvalue weighted by Gasteiger charge is -2.13. The molecular weight excluding hydrogens is 291 g/mol. The summed E-state index contributed by atoms with van der Waals surface area (Å²) in [5.41, 5.74) is 5.08. The van der Waals surface area contributed by atoms with Crippen LogP contribution in [0.3, 0.4) is 0 Å². The highest BCUT2D eigenvalue weighted by atomic mass is 32.7. The van der Waals surface area contributed by atoms with E-state index in [-0.39, 0.29) is 18.2 Å². The molecule has 0 spiro atoms. The SMILES string of the molecule is C[P+](O)(O)SCC1CCC(n2cnc(C(N)=O)n2)O1. The van der Waals surface area contributed by atoms with E-state index in [0.717, 1.165) is 24.2 Å². The van der Waals surface area contributed by atoms with Crippen molar-refractivity contribution in [2.24, 2.45) is 5.73 Å². The molecule has 1 aromatic heterocycles. The van der Waals surface area contributed by atoms with Crippen LogP contribution in [-0.4, -0.2) is 49.0 Å². The van der Waals surface area contributed by atoms with E-state index >= 15 is 0 Å². The van der Waals surface area contributed by atoms with Crippen LogP contribution < -0.4 is 5.73 Å². The number of nitrogens with two attached hydrogens (primary N) is 1. The van der Waals surface area contributed by atoms with Crippen LogP contribution in [0.15, 0.2) is 6.33 Å². The molecule has 2 atom stereocenters. The molecule has 0 saturated carbocycles. The van der Waals surface area contributed by atoms with Gasteiger partial charge in [-0.05, 0) is 12.8 Å². The lowest BCUT2D eigenvalue weighted by molar-refractivity contribution is 0.00501. The molecule has 2 heterocycles. The molecule has 1 aliphatic rings. The van der Waals surface area contributed by atoms with Crippen LogP contribution in [0.2, 0.25) is 0 Å². The van der Waals surface area contributed by atoms with Crippen LogP contribution >= 0.6 is 18.3 Å². The highest BCUT2D eigenvalue weighted by Crippen LogP contribution is 2.59. The number of hydrogen-bond acceptors (Lipinski definition) is 7. The summed E-state index contributed by atoms with van der Waals surface area (Å²) < 4.78 is 7.19. The van der Waals surface area contributed by atoms with Crippen molar-refractivity contribution in [1.29, 1.82) is 0 Å². The van der Waals surface area contributed by atoms with Crippen LogP contribution in [0.5, 0.6) is 0 Å². The van der Waals surface area contributed by atoms with Gasteiger partial charge in [0.05, 0.1) is 23.2 Å². The van der Waals surface area contributed by atoms with Crippen molar-refractivity contribution in [2.75, 3.05) is 12.4 Å². The summed E-state index contributed by atoms with van der Waals surface area (Å²) in [4.78, 5) is 33.3. The smallest absolute Gasteiger partial charge is 0.323 e. The van der Waals surface area contributed by atoms with E-state index in [0.29, 0.717) is 5.75 Å². The Morgan fingerprint density at radius 3 is 3.00 bits per heavy atom. The lowest BCUT2D eigenvalue weighted by Crippen LogP contribution is -2.16. The number of aromatic nitrogens is 3. The fourth-order valence-corrected chi connectivity index (χ4v) is 3.79. The van der Waals surface area contributed by atoms with E-state index in [4.69, 9.17) is 10.5 Å². The third kappa shape index (κ3) is 4.12. The Kier molecular flexibility index (Phi) is 4.42. The molecule has 0 radical (unpaired) electrons. The molecule has 0 aromatic carbocycles. The monoisotopic (exact) mass is 307 g/mol. The standard InChI is InChI=1S/C9H15N4O4PS/c1-18(15,16)19-4-6-2-3-7(17-6)13-5-11-9(12-13)8(10)14/h5-7,15-16H,2-4H2,1H3,(H-,10,14)/p+1. The Hall–Kier alpha value is -0.730. The van der Waals surface area contributed by atoms with Crippen molar-refractivity contribution in [3.63, 3.8) is 0 Å². The fraction of sp³-hybridized carbons (Fsp3) is 0.667. The number of carbonyl (C=O) groups is 1. The Bertz CT molecular complexity index is 463. The van der Waals surface area contributed by atoms with E-state index in [1.165, 1.54) is 17.7 Å². The minimum atomic E-state index is -2.83. The second-order valence-corrected chi connectivity index (χ2v) is 9.45. The average Bonchev–Trinajstić information content (AvgIpc) is 2.94. The number of nitrogens with zero attached hydrogens (tertiary/aromatic N) is 3. The first-order chi connectivity index (χ1) is 8.85. The van der Waals surface area contributed by atoms with Crippen LogP contribution in [0.4, 0.5) is 0 Å². The highest BCUT2D eigenvalue weighted by Gasteiger charge is 2.33. The third-order valence-corrected chi connectivity index (χ3v) is 5.54. The predicted molar refractivity (Wildman–Crippen MR) is 71.4 cm³/mol. The molecule has 8 nitrogen and oxygen atoms in total. The van der Waals surface area contributed by atoms with E-state index in [2.05, 4.69) is 10.1 Å². The van der Waals surface area contributed by atoms with Crippen molar-refractivity contribution in [3.05, 3.63) is 12.2 Å². The number of amides is 1. The predicted octanol–water partition coefficient (Wildman–Crippen LogP) is 0.165. The van der Waals surface area contributed by atoms with Crippen molar-refractivity contribution in [3.8, 4) is 0 Å². The molecule has 10 heteroatoms. The summed E-state index contributed by atoms with van der Waals surface area (Å²) >= 11 is 1.12. The van der Waals surface area contributed by atoms with Gasteiger partial charge >= 0.3 is 6.92 Å². The van der Waals surface area contributed by atoms with Gasteiger partial charge in [0.2, 0.25) is 5.82 Å². The number of primary amides is 1. The number of rotatable bonds is 5. The molecule has 1 aliphatic heterocycles. The largest absolute Gasteiger partial charge is 0.363 e. The van der Waals surface area contributed by atoms with E-state index in [1.54, 1.807) is 0 Å². The maximum Gasteiger partial charge on any atom is 0.323 e. The van der Waals surface area contributed by atoms with E-state index in [9.17, 15) is 14.6 Å². The summed E-state index contributed by atoms with van der Waals surface area (Å²) in [5, 5.41) is 3.94. The third-order valence-electron chi connectivity index (χ3n) is 2.61. The summed E-state index contributed by atoms with van der Waals surface area (Å²) in [6.45, 7) is -1.41. The Balaban J connectivity index is 1.89. The number of hydrogen-bond donors (Lipinski definition) is 3. The average molecular weight is 307 g/mol. The Morgan fingerprint density at radius 2 is 2.42 bits per heavy atom. The van der Waals surface area contributed by atoms with Crippen LogP contribution in [0, 0.1) is 0 Å². The first kappa shape index (κ1) is 14.7. The van der Waals surface area contributed by atoms with Gasteiger partial charge in [0.25, 0.3) is 5.91 Å². The maximum atomic E-state index is 10.9. The first-order valence-electron chi connectivity index (χ1n) is 5.68. The molecule has 1 amide bonds. The van der Waals surface area contributed by atoms with Gasteiger partial charge < -0.3 is 10.5 Å². The minimum Gasteiger partial charge on any atom is -0.363 e. The van der Waals surface area contributed by atoms with Crippen molar-refractivity contribution in [1.82, 2.24) is 14.8 Å². The van der Waals surface area contributed by atoms with Crippen molar-refractivity contribution >= 4 is 24.2 Å². The quantitative estimate of drug-likeness (QED) is 0.662. The fourth-order valence-electron chi connectivity index (χ4n) is 1.75. The van der Waals surface area contributed by atoms with Gasteiger partial charge in [0, 0.05) is 0 Å². The number of ether oxygens (including phenoxy) is 1. The summed E-state index contributed by atoms with van der Waals surface area (Å²) in [7, 11) is 0. The zero-order valence-electron chi connectivity index (χ0n) is 10.3. The zero-order chi connectivity index (χ0) is 14.0. The molecule has 106 valence electrons. The van der Waals surface area contributed by atoms with E-state index < -0.39 is 12.8 Å². The Labute approximate surface area is 114 Å². The molecule has 2 rings (SSSR count). The van der Waals surface area contributed by atoms with Gasteiger partial charge in [-0.3, -0.25) is 4.79 Å². The second-order valence-electron chi connectivity index (χ2n) is 4.33. The zero-order valence-corrected chi connectivity index (χ0v) is 12.0. The van der Waals surface area contributed by atoms with Crippen LogP contribution in [0.25, 0.3) is 0 Å². The number of carbonyl (C=O) groups excluding carboxylic acids is 1. The molecule has 0 aliphatic carbocycles. The Morgan fingerprint density at radius 1 is 1.68 bits per heavy atom. The van der Waals surface area contributed by atoms with Gasteiger partial charge in [-0.15, -0.1) is 5.10 Å². The first-order valence-corrected chi connectivity index (χ1v) is 9.41. The maximum absolute atomic E-state index is 10.9. The lowest BCUT2D eigenvalue weighted by atomic mass is 10.2. The molecule has 2 unspecified atom stereocenters. The summed E-state index contributed by atoms with van der Waals surface area (Å²) in [6, 6.07) is 0. The molecule has 1 aromatic rings. The molecular formula is C9H16N4O4PS+.